The fraction of sp³-hybridized carbons (Fsp3) is 0.889. The summed E-state index contributed by atoms with van der Waals surface area (Å²) in [4.78, 5) is 0. The lowest BCUT2D eigenvalue weighted by atomic mass is 9.69. The molecule has 0 heteroatoms. The van der Waals surface area contributed by atoms with Gasteiger partial charge in [-0.25, -0.2) is 0 Å². The van der Waals surface area contributed by atoms with Crippen molar-refractivity contribution >= 4 is 0 Å². The van der Waals surface area contributed by atoms with E-state index in [1.165, 1.54) is 64.2 Å². The van der Waals surface area contributed by atoms with Gasteiger partial charge in [0.25, 0.3) is 0 Å². The van der Waals surface area contributed by atoms with E-state index in [2.05, 4.69) is 26.0 Å². The lowest BCUT2D eigenvalue weighted by molar-refractivity contribution is 0.151. The molecular formula is C18H32. The van der Waals surface area contributed by atoms with Crippen LogP contribution < -0.4 is 0 Å². The molecule has 0 aliphatic heterocycles. The van der Waals surface area contributed by atoms with Crippen LogP contribution in [0.1, 0.15) is 78.1 Å². The molecule has 2 aliphatic rings. The number of rotatable bonds is 4. The van der Waals surface area contributed by atoms with Crippen LogP contribution in [-0.4, -0.2) is 0 Å². The molecule has 0 atom stereocenters. The molecule has 2 aliphatic carbocycles. The Morgan fingerprint density at radius 1 is 0.778 bits per heavy atom. The van der Waals surface area contributed by atoms with Crippen LogP contribution in [0.3, 0.4) is 0 Å². The molecule has 0 amide bonds. The van der Waals surface area contributed by atoms with E-state index < -0.39 is 0 Å². The summed E-state index contributed by atoms with van der Waals surface area (Å²) in [5, 5.41) is 0. The zero-order valence-electron chi connectivity index (χ0n) is 12.5. The SMILES string of the molecule is CC/C=C/CC1CCC(C2CCC(C)CC2)CC1. The number of hydrogen-bond donors (Lipinski definition) is 0. The van der Waals surface area contributed by atoms with Gasteiger partial charge in [-0.1, -0.05) is 38.8 Å². The molecule has 18 heavy (non-hydrogen) atoms. The minimum Gasteiger partial charge on any atom is -0.0888 e. The van der Waals surface area contributed by atoms with Gasteiger partial charge in [-0.3, -0.25) is 0 Å². The standard InChI is InChI=1S/C18H32/c1-3-4-5-6-16-9-13-18(14-10-16)17-11-7-15(2)8-12-17/h4-5,15-18H,3,6-14H2,1-2H3/b5-4+. The van der Waals surface area contributed by atoms with Crippen LogP contribution >= 0.6 is 0 Å². The van der Waals surface area contributed by atoms with Gasteiger partial charge in [0.2, 0.25) is 0 Å². The van der Waals surface area contributed by atoms with Gasteiger partial charge in [-0.2, -0.15) is 0 Å². The van der Waals surface area contributed by atoms with E-state index in [0.29, 0.717) is 0 Å². The minimum absolute atomic E-state index is 1.01. The monoisotopic (exact) mass is 248 g/mol. The van der Waals surface area contributed by atoms with Gasteiger partial charge < -0.3 is 0 Å². The van der Waals surface area contributed by atoms with E-state index in [0.717, 1.165) is 23.7 Å². The second kappa shape index (κ2) is 7.36. The molecule has 0 heterocycles. The quantitative estimate of drug-likeness (QED) is 0.537. The lowest BCUT2D eigenvalue weighted by Crippen LogP contribution is -2.25. The molecule has 2 fully saturated rings. The molecule has 0 unspecified atom stereocenters. The molecular weight excluding hydrogens is 216 g/mol. The van der Waals surface area contributed by atoms with Crippen LogP contribution in [0.15, 0.2) is 12.2 Å². The highest BCUT2D eigenvalue weighted by Crippen LogP contribution is 2.41. The van der Waals surface area contributed by atoms with Crippen LogP contribution in [0.5, 0.6) is 0 Å². The smallest absolute Gasteiger partial charge is 0.0322 e. The van der Waals surface area contributed by atoms with Crippen molar-refractivity contribution in [2.75, 3.05) is 0 Å². The third kappa shape index (κ3) is 4.14. The molecule has 0 saturated heterocycles. The van der Waals surface area contributed by atoms with Crippen molar-refractivity contribution in [3.05, 3.63) is 12.2 Å². The normalized spacial score (nSPS) is 38.1. The summed E-state index contributed by atoms with van der Waals surface area (Å²) in [5.41, 5.74) is 0. The number of allylic oxidation sites excluding steroid dienone is 2. The van der Waals surface area contributed by atoms with Crippen molar-refractivity contribution in [1.29, 1.82) is 0 Å². The fourth-order valence-corrected chi connectivity index (χ4v) is 4.11. The van der Waals surface area contributed by atoms with Gasteiger partial charge in [0.05, 0.1) is 0 Å². The predicted octanol–water partition coefficient (Wildman–Crippen LogP) is 5.98. The molecule has 0 bridgehead atoms. The Balaban J connectivity index is 1.68. The summed E-state index contributed by atoms with van der Waals surface area (Å²) in [6.07, 6.45) is 19.5. The summed E-state index contributed by atoms with van der Waals surface area (Å²) in [6.45, 7) is 4.67. The van der Waals surface area contributed by atoms with Crippen LogP contribution in [0.25, 0.3) is 0 Å². The summed E-state index contributed by atoms with van der Waals surface area (Å²) in [5.74, 6) is 4.19. The summed E-state index contributed by atoms with van der Waals surface area (Å²) >= 11 is 0. The van der Waals surface area contributed by atoms with Gasteiger partial charge in [-0.15, -0.1) is 0 Å². The topological polar surface area (TPSA) is 0 Å². The van der Waals surface area contributed by atoms with Crippen molar-refractivity contribution in [3.8, 4) is 0 Å². The molecule has 0 radical (unpaired) electrons. The van der Waals surface area contributed by atoms with E-state index in [9.17, 15) is 0 Å². The van der Waals surface area contributed by atoms with E-state index in [1.807, 2.05) is 0 Å². The van der Waals surface area contributed by atoms with Gasteiger partial charge in [0, 0.05) is 0 Å². The van der Waals surface area contributed by atoms with E-state index >= 15 is 0 Å². The average Bonchev–Trinajstić information content (AvgIpc) is 2.41. The molecule has 0 nitrogen and oxygen atoms in total. The van der Waals surface area contributed by atoms with Crippen molar-refractivity contribution in [2.45, 2.75) is 78.1 Å². The van der Waals surface area contributed by atoms with Gasteiger partial charge in [0.15, 0.2) is 0 Å². The molecule has 104 valence electrons. The van der Waals surface area contributed by atoms with Crippen molar-refractivity contribution in [2.24, 2.45) is 23.7 Å². The highest BCUT2D eigenvalue weighted by atomic mass is 14.3. The van der Waals surface area contributed by atoms with Gasteiger partial charge in [-0.05, 0) is 75.0 Å². The van der Waals surface area contributed by atoms with Crippen molar-refractivity contribution < 1.29 is 0 Å². The number of hydrogen-bond acceptors (Lipinski definition) is 0. The van der Waals surface area contributed by atoms with Gasteiger partial charge >= 0.3 is 0 Å². The fourth-order valence-electron chi connectivity index (χ4n) is 4.11. The second-order valence-electron chi connectivity index (χ2n) is 6.92. The second-order valence-corrected chi connectivity index (χ2v) is 6.92. The third-order valence-corrected chi connectivity index (χ3v) is 5.49. The average molecular weight is 248 g/mol. The summed E-state index contributed by atoms with van der Waals surface area (Å²) in [6, 6.07) is 0. The molecule has 0 N–H and O–H groups in total. The molecule has 0 aromatic rings. The highest BCUT2D eigenvalue weighted by molar-refractivity contribution is 4.87. The Bertz CT molecular complexity index is 237. The highest BCUT2D eigenvalue weighted by Gasteiger charge is 2.29. The summed E-state index contributed by atoms with van der Waals surface area (Å²) in [7, 11) is 0. The Morgan fingerprint density at radius 3 is 1.89 bits per heavy atom. The largest absolute Gasteiger partial charge is 0.0888 e. The van der Waals surface area contributed by atoms with E-state index in [4.69, 9.17) is 0 Å². The Morgan fingerprint density at radius 2 is 1.33 bits per heavy atom. The Kier molecular flexibility index (Phi) is 5.79. The first kappa shape index (κ1) is 14.2. The first-order valence-corrected chi connectivity index (χ1v) is 8.44. The van der Waals surface area contributed by atoms with Crippen LogP contribution in [-0.2, 0) is 0 Å². The zero-order chi connectivity index (χ0) is 12.8. The summed E-state index contributed by atoms with van der Waals surface area (Å²) < 4.78 is 0. The first-order valence-electron chi connectivity index (χ1n) is 8.44. The first-order chi connectivity index (χ1) is 8.79. The molecule has 2 saturated carbocycles. The maximum Gasteiger partial charge on any atom is -0.0322 e. The van der Waals surface area contributed by atoms with Crippen molar-refractivity contribution in [3.63, 3.8) is 0 Å². The van der Waals surface area contributed by atoms with Crippen LogP contribution in [0.4, 0.5) is 0 Å². The van der Waals surface area contributed by atoms with Gasteiger partial charge in [0.1, 0.15) is 0 Å². The maximum atomic E-state index is 2.44. The van der Waals surface area contributed by atoms with E-state index in [1.54, 1.807) is 0 Å². The molecule has 0 aromatic heterocycles. The molecule has 0 aromatic carbocycles. The Labute approximate surface area is 114 Å². The van der Waals surface area contributed by atoms with Crippen LogP contribution in [0.2, 0.25) is 0 Å². The minimum atomic E-state index is 1.01. The maximum absolute atomic E-state index is 2.44. The van der Waals surface area contributed by atoms with Crippen LogP contribution in [0, 0.1) is 23.7 Å². The third-order valence-electron chi connectivity index (χ3n) is 5.49. The molecule has 2 rings (SSSR count). The Hall–Kier alpha value is -0.260. The lowest BCUT2D eigenvalue weighted by Gasteiger charge is -2.37. The van der Waals surface area contributed by atoms with Crippen molar-refractivity contribution in [1.82, 2.24) is 0 Å². The molecule has 0 spiro atoms. The van der Waals surface area contributed by atoms with E-state index in [-0.39, 0.29) is 0 Å². The predicted molar refractivity (Wildman–Crippen MR) is 80.6 cm³/mol. The zero-order valence-corrected chi connectivity index (χ0v) is 12.5.